The van der Waals surface area contributed by atoms with Crippen LogP contribution in [0.3, 0.4) is 0 Å². The second-order valence-corrected chi connectivity index (χ2v) is 9.77. The monoisotopic (exact) mass is 536 g/mol. The minimum absolute atomic E-state index is 0. The van der Waals surface area contributed by atoms with E-state index in [0.717, 1.165) is 32.8 Å². The number of aryl methyl sites for hydroxylation is 1. The first-order valence-corrected chi connectivity index (χ1v) is 11.9. The van der Waals surface area contributed by atoms with Crippen molar-refractivity contribution in [3.63, 3.8) is 0 Å². The first-order chi connectivity index (χ1) is 13.5. The maximum Gasteiger partial charge on any atom is 0.191 e. The summed E-state index contributed by atoms with van der Waals surface area (Å²) in [6.45, 7) is 8.71. The Bertz CT molecular complexity index is 764. The Morgan fingerprint density at radius 2 is 1.97 bits per heavy atom. The zero-order valence-corrected chi connectivity index (χ0v) is 20.4. The van der Waals surface area contributed by atoms with Crippen molar-refractivity contribution in [1.82, 2.24) is 15.5 Å². The quantitative estimate of drug-likeness (QED) is 0.328. The fraction of sp³-hybridized carbons (Fsp3) is 0.650. The van der Waals surface area contributed by atoms with Crippen LogP contribution in [0, 0.1) is 6.92 Å². The Morgan fingerprint density at radius 3 is 2.55 bits per heavy atom. The van der Waals surface area contributed by atoms with Crippen LogP contribution in [0.2, 0.25) is 0 Å². The summed E-state index contributed by atoms with van der Waals surface area (Å²) in [6.07, 6.45) is 0.637. The molecule has 0 aromatic heterocycles. The Balaban J connectivity index is 0.00000300. The van der Waals surface area contributed by atoms with Crippen LogP contribution in [0.5, 0.6) is 0 Å². The van der Waals surface area contributed by atoms with Crippen molar-refractivity contribution in [3.05, 3.63) is 35.4 Å². The maximum atomic E-state index is 11.7. The first-order valence-electron chi connectivity index (χ1n) is 10.1. The van der Waals surface area contributed by atoms with Gasteiger partial charge in [0.15, 0.2) is 15.8 Å². The van der Waals surface area contributed by atoms with Crippen LogP contribution < -0.4 is 10.6 Å². The van der Waals surface area contributed by atoms with Gasteiger partial charge in [-0.25, -0.2) is 8.42 Å². The lowest BCUT2D eigenvalue weighted by atomic mass is 10.0. The maximum absolute atomic E-state index is 11.7. The smallest absolute Gasteiger partial charge is 0.191 e. The van der Waals surface area contributed by atoms with Crippen molar-refractivity contribution in [1.29, 1.82) is 0 Å². The molecule has 1 aromatic rings. The van der Waals surface area contributed by atoms with E-state index in [1.807, 2.05) is 6.92 Å². The molecule has 1 aromatic carbocycles. The normalized spacial score (nSPS) is 23.2. The summed E-state index contributed by atoms with van der Waals surface area (Å²) in [4.78, 5) is 7.23. The van der Waals surface area contributed by atoms with Gasteiger partial charge in [-0.15, -0.1) is 24.0 Å². The highest BCUT2D eigenvalue weighted by Gasteiger charge is 2.28. The van der Waals surface area contributed by atoms with Crippen molar-refractivity contribution in [2.24, 2.45) is 4.99 Å². The fourth-order valence-electron chi connectivity index (χ4n) is 3.71. The van der Waals surface area contributed by atoms with Crippen LogP contribution in [0.4, 0.5) is 0 Å². The van der Waals surface area contributed by atoms with Crippen LogP contribution in [-0.4, -0.2) is 76.2 Å². The molecule has 7 nitrogen and oxygen atoms in total. The molecule has 0 saturated carbocycles. The molecule has 2 heterocycles. The zero-order chi connectivity index (χ0) is 20.0. The molecule has 0 aliphatic carbocycles. The minimum Gasteiger partial charge on any atom is -0.379 e. The van der Waals surface area contributed by atoms with Gasteiger partial charge in [0.05, 0.1) is 37.3 Å². The number of sulfone groups is 1. The highest BCUT2D eigenvalue weighted by molar-refractivity contribution is 14.0. The lowest BCUT2D eigenvalue weighted by molar-refractivity contribution is 0.0179. The molecule has 0 amide bonds. The van der Waals surface area contributed by atoms with Gasteiger partial charge in [-0.3, -0.25) is 9.89 Å². The SMILES string of the molecule is CCNC(=NCC(c1ccc(C)cc1)N1CCOCC1)NC1CCS(=O)(=O)C1.I. The molecule has 9 heteroatoms. The third-order valence-corrected chi connectivity index (χ3v) is 7.06. The van der Waals surface area contributed by atoms with Crippen molar-refractivity contribution < 1.29 is 13.2 Å². The third kappa shape index (κ3) is 7.37. The molecule has 2 unspecified atom stereocenters. The van der Waals surface area contributed by atoms with Gasteiger partial charge in [-0.2, -0.15) is 0 Å². The highest BCUT2D eigenvalue weighted by atomic mass is 127. The van der Waals surface area contributed by atoms with Crippen LogP contribution in [0.1, 0.15) is 30.5 Å². The number of nitrogens with zero attached hydrogens (tertiary/aromatic N) is 2. The van der Waals surface area contributed by atoms with E-state index in [-0.39, 0.29) is 47.6 Å². The molecular weight excluding hydrogens is 503 g/mol. The van der Waals surface area contributed by atoms with Gasteiger partial charge in [-0.1, -0.05) is 29.8 Å². The molecule has 0 radical (unpaired) electrons. The topological polar surface area (TPSA) is 83.0 Å². The predicted octanol–water partition coefficient (Wildman–Crippen LogP) is 1.73. The summed E-state index contributed by atoms with van der Waals surface area (Å²) in [5.74, 6) is 1.13. The number of rotatable bonds is 6. The van der Waals surface area contributed by atoms with E-state index in [1.54, 1.807) is 0 Å². The number of hydrogen-bond acceptors (Lipinski definition) is 5. The molecule has 0 bridgehead atoms. The van der Waals surface area contributed by atoms with Gasteiger partial charge in [0.1, 0.15) is 0 Å². The average molecular weight is 536 g/mol. The van der Waals surface area contributed by atoms with Crippen LogP contribution in [0.25, 0.3) is 0 Å². The van der Waals surface area contributed by atoms with E-state index in [2.05, 4.69) is 46.7 Å². The summed E-state index contributed by atoms with van der Waals surface area (Å²) in [6, 6.07) is 8.74. The lowest BCUT2D eigenvalue weighted by Gasteiger charge is -2.34. The lowest BCUT2D eigenvalue weighted by Crippen LogP contribution is -2.45. The van der Waals surface area contributed by atoms with Crippen molar-refractivity contribution >= 4 is 39.8 Å². The zero-order valence-electron chi connectivity index (χ0n) is 17.3. The molecule has 3 rings (SSSR count). The fourth-order valence-corrected chi connectivity index (χ4v) is 5.38. The summed E-state index contributed by atoms with van der Waals surface area (Å²) in [7, 11) is -2.92. The largest absolute Gasteiger partial charge is 0.379 e. The van der Waals surface area contributed by atoms with Crippen LogP contribution >= 0.6 is 24.0 Å². The number of nitrogens with one attached hydrogen (secondary N) is 2. The summed E-state index contributed by atoms with van der Waals surface area (Å²) < 4.78 is 29.0. The van der Waals surface area contributed by atoms with Gasteiger partial charge >= 0.3 is 0 Å². The second-order valence-electron chi connectivity index (χ2n) is 7.54. The van der Waals surface area contributed by atoms with Gasteiger partial charge in [0.25, 0.3) is 0 Å². The number of guanidine groups is 1. The van der Waals surface area contributed by atoms with E-state index in [1.165, 1.54) is 11.1 Å². The molecule has 2 aliphatic rings. The Labute approximate surface area is 191 Å². The van der Waals surface area contributed by atoms with Crippen LogP contribution in [-0.2, 0) is 14.6 Å². The van der Waals surface area contributed by atoms with Gasteiger partial charge in [-0.05, 0) is 25.8 Å². The van der Waals surface area contributed by atoms with Crippen molar-refractivity contribution in [2.75, 3.05) is 50.9 Å². The number of halogens is 1. The molecule has 2 aliphatic heterocycles. The summed E-state index contributed by atoms with van der Waals surface area (Å²) >= 11 is 0. The van der Waals surface area contributed by atoms with E-state index >= 15 is 0 Å². The molecule has 2 atom stereocenters. The Hall–Kier alpha value is -0.910. The standard InChI is InChI=1S/C20H32N4O3S.HI/c1-3-21-20(23-18-8-13-28(25,26)15-18)22-14-19(24-9-11-27-12-10-24)17-6-4-16(2)5-7-17;/h4-7,18-19H,3,8-15H2,1-2H3,(H2,21,22,23);1H. The number of ether oxygens (including phenoxy) is 1. The molecule has 164 valence electrons. The Kier molecular flexibility index (Phi) is 9.64. The number of aliphatic imine (C=N–C) groups is 1. The predicted molar refractivity (Wildman–Crippen MR) is 128 cm³/mol. The third-order valence-electron chi connectivity index (χ3n) is 5.29. The van der Waals surface area contributed by atoms with E-state index in [9.17, 15) is 8.42 Å². The summed E-state index contributed by atoms with van der Waals surface area (Å²) in [5, 5.41) is 6.56. The van der Waals surface area contributed by atoms with E-state index in [4.69, 9.17) is 9.73 Å². The van der Waals surface area contributed by atoms with Crippen molar-refractivity contribution in [3.8, 4) is 0 Å². The van der Waals surface area contributed by atoms with Crippen molar-refractivity contribution in [2.45, 2.75) is 32.4 Å². The highest BCUT2D eigenvalue weighted by Crippen LogP contribution is 2.23. The minimum atomic E-state index is -2.92. The number of hydrogen-bond donors (Lipinski definition) is 2. The molecule has 2 saturated heterocycles. The summed E-state index contributed by atoms with van der Waals surface area (Å²) in [5.41, 5.74) is 2.49. The molecule has 2 N–H and O–H groups in total. The van der Waals surface area contributed by atoms with E-state index in [0.29, 0.717) is 18.9 Å². The molecular formula is C20H33IN4O3S. The van der Waals surface area contributed by atoms with Gasteiger partial charge in [0.2, 0.25) is 0 Å². The van der Waals surface area contributed by atoms with E-state index < -0.39 is 9.84 Å². The van der Waals surface area contributed by atoms with Gasteiger partial charge in [0, 0.05) is 25.7 Å². The van der Waals surface area contributed by atoms with Gasteiger partial charge < -0.3 is 15.4 Å². The molecule has 2 fully saturated rings. The molecule has 0 spiro atoms. The first kappa shape index (κ1) is 24.4. The average Bonchev–Trinajstić information content (AvgIpc) is 3.02. The van der Waals surface area contributed by atoms with Crippen LogP contribution in [0.15, 0.2) is 29.3 Å². The second kappa shape index (κ2) is 11.5. The molecule has 29 heavy (non-hydrogen) atoms. The Morgan fingerprint density at radius 1 is 1.28 bits per heavy atom. The number of morpholine rings is 1. The number of benzene rings is 1.